The Kier molecular flexibility index (Phi) is 51.4. The molecule has 6 aromatic rings. The van der Waals surface area contributed by atoms with Crippen molar-refractivity contribution in [3.05, 3.63) is 88.5 Å². The molecule has 10 nitrogen and oxygen atoms in total. The third kappa shape index (κ3) is 35.5. The number of unbranched alkanes of at least 4 members (excludes halogenated alkanes) is 59. The van der Waals surface area contributed by atoms with Crippen LogP contribution in [0.5, 0.6) is 17.2 Å². The summed E-state index contributed by atoms with van der Waals surface area (Å²) in [4.78, 5) is 61.2. The number of carbonyl (C=O) groups is 4. The van der Waals surface area contributed by atoms with Crippen molar-refractivity contribution in [2.24, 2.45) is 0 Å². The van der Waals surface area contributed by atoms with E-state index in [0.29, 0.717) is 83.3 Å². The molecule has 0 N–H and O–H groups in total. The second-order valence-electron chi connectivity index (χ2n) is 34.9. The molecular weight excluding hydrogens is 1420 g/mol. The first-order valence-corrected chi connectivity index (χ1v) is 49.2. The van der Waals surface area contributed by atoms with E-state index in [1.54, 1.807) is 12.1 Å². The van der Waals surface area contributed by atoms with E-state index in [-0.39, 0.29) is 18.4 Å². The van der Waals surface area contributed by atoms with Gasteiger partial charge in [0.15, 0.2) is 11.5 Å². The highest BCUT2D eigenvalue weighted by Gasteiger charge is 2.36. The lowest BCUT2D eigenvalue weighted by molar-refractivity contribution is 0.0498. The SMILES string of the molecule is CCCCCCCCCCCCCCCCCCOc1cc(CN2C(=O)c3ccc4c5ccc(C(=O)OCCCCCCCCCC)c6c(C(=O)OCCCCCCCCCC)ccc(c7ccc(c3c47)C2=O)c65)cc(OCCCCCCCCCCCCCCCCCC)c1OCCCCCCCCCCCCCCCCCC. The fraction of sp³-hybridized carbons (Fsp3) is 0.714. The van der Waals surface area contributed by atoms with Crippen LogP contribution in [0.1, 0.15) is 493 Å². The first-order chi connectivity index (χ1) is 56.8. The number of hydrogen-bond acceptors (Lipinski definition) is 9. The van der Waals surface area contributed by atoms with Crippen molar-refractivity contribution in [2.45, 2.75) is 452 Å². The minimum absolute atomic E-state index is 0.0182. The fourth-order valence-corrected chi connectivity index (χ4v) is 17.8. The summed E-state index contributed by atoms with van der Waals surface area (Å²) in [6, 6.07) is 19.2. The zero-order chi connectivity index (χ0) is 81.2. The summed E-state index contributed by atoms with van der Waals surface area (Å²) in [5.74, 6) is 0.187. The van der Waals surface area contributed by atoms with E-state index < -0.39 is 11.9 Å². The molecule has 6 aromatic carbocycles. The minimum atomic E-state index is -0.466. The van der Waals surface area contributed by atoms with Gasteiger partial charge in [0, 0.05) is 21.9 Å². The lowest BCUT2D eigenvalue weighted by Gasteiger charge is -2.29. The minimum Gasteiger partial charge on any atom is -0.490 e. The summed E-state index contributed by atoms with van der Waals surface area (Å²) in [6.07, 6.45) is 80.6. The van der Waals surface area contributed by atoms with Gasteiger partial charge in [0.2, 0.25) is 5.75 Å². The summed E-state index contributed by atoms with van der Waals surface area (Å²) in [7, 11) is 0. The molecule has 0 atom stereocenters. The Bertz CT molecular complexity index is 3370. The molecule has 1 heterocycles. The zero-order valence-corrected chi connectivity index (χ0v) is 74.4. The van der Waals surface area contributed by atoms with Crippen LogP contribution in [0.4, 0.5) is 0 Å². The van der Waals surface area contributed by atoms with Gasteiger partial charge < -0.3 is 23.7 Å². The van der Waals surface area contributed by atoms with E-state index in [9.17, 15) is 9.59 Å². The van der Waals surface area contributed by atoms with Gasteiger partial charge in [-0.3, -0.25) is 14.5 Å². The molecule has 0 saturated heterocycles. The molecule has 115 heavy (non-hydrogen) atoms. The normalized spacial score (nSPS) is 12.3. The standard InChI is InChI=1S/C105H165NO9/c1-6-11-16-21-26-31-34-37-40-43-46-49-52-57-60-65-78-111-95-83-86(84-96(112-79-66-61-58-53-50-47-44-41-38-35-32-27-22-17-12-7-2)101(95)113-80-67-62-59-54-51-48-45-42-39-36-33-28-23-18-13-8-3)85-106-102(107)91-74-70-87-89-72-76-93(104(109)114-81-68-63-55-29-24-19-14-9-4)100-94(105(110)115-82-69-64-56-30-25-20-15-10-5)77-73-90(98(89)100)88-71-75-92(103(106)108)99(91)97(87)88/h70-77,83-84H,6-69,78-82,85H2,1-5H3. The smallest absolute Gasteiger partial charge is 0.338 e. The molecule has 7 rings (SSSR count). The monoisotopic (exact) mass is 1580 g/mol. The van der Waals surface area contributed by atoms with E-state index in [4.69, 9.17) is 23.7 Å². The molecule has 0 aliphatic carbocycles. The summed E-state index contributed by atoms with van der Waals surface area (Å²) >= 11 is 0. The molecule has 0 saturated carbocycles. The van der Waals surface area contributed by atoms with Crippen LogP contribution in [-0.4, -0.2) is 61.7 Å². The van der Waals surface area contributed by atoms with Crippen molar-refractivity contribution < 1.29 is 42.9 Å². The van der Waals surface area contributed by atoms with Crippen LogP contribution in [0.15, 0.2) is 60.7 Å². The summed E-state index contributed by atoms with van der Waals surface area (Å²) < 4.78 is 32.8. The van der Waals surface area contributed by atoms with Crippen LogP contribution in [0.2, 0.25) is 0 Å². The lowest BCUT2D eigenvalue weighted by Crippen LogP contribution is -2.39. The van der Waals surface area contributed by atoms with Gasteiger partial charge in [-0.2, -0.15) is 0 Å². The first kappa shape index (κ1) is 96.2. The highest BCUT2D eigenvalue weighted by atomic mass is 16.5. The van der Waals surface area contributed by atoms with Gasteiger partial charge in [-0.15, -0.1) is 0 Å². The van der Waals surface area contributed by atoms with E-state index in [1.165, 1.54) is 339 Å². The summed E-state index contributed by atoms with van der Waals surface area (Å²) in [6.45, 7) is 13.6. The van der Waals surface area contributed by atoms with E-state index >= 15 is 9.59 Å². The van der Waals surface area contributed by atoms with Crippen molar-refractivity contribution in [2.75, 3.05) is 33.0 Å². The van der Waals surface area contributed by atoms with Crippen LogP contribution in [-0.2, 0) is 16.0 Å². The van der Waals surface area contributed by atoms with Crippen molar-refractivity contribution in [3.63, 3.8) is 0 Å². The Balaban J connectivity index is 1.09. The Hall–Kier alpha value is -5.90. The topological polar surface area (TPSA) is 118 Å². The number of hydrogen-bond donors (Lipinski definition) is 0. The van der Waals surface area contributed by atoms with Crippen LogP contribution in [0, 0.1) is 0 Å². The number of amides is 2. The van der Waals surface area contributed by atoms with Gasteiger partial charge in [-0.05, 0) is 106 Å². The maximum Gasteiger partial charge on any atom is 0.338 e. The second-order valence-corrected chi connectivity index (χ2v) is 34.9. The molecule has 2 amide bonds. The van der Waals surface area contributed by atoms with Crippen LogP contribution in [0.25, 0.3) is 43.1 Å². The fourth-order valence-electron chi connectivity index (χ4n) is 17.8. The van der Waals surface area contributed by atoms with Crippen LogP contribution in [0.3, 0.4) is 0 Å². The molecule has 644 valence electrons. The number of esters is 2. The number of ether oxygens (including phenoxy) is 5. The largest absolute Gasteiger partial charge is 0.490 e. The first-order valence-electron chi connectivity index (χ1n) is 49.2. The maximum atomic E-state index is 15.4. The number of fused-ring (bicyclic) bond motifs is 2. The molecule has 0 unspecified atom stereocenters. The third-order valence-electron chi connectivity index (χ3n) is 24.9. The molecule has 0 radical (unpaired) electrons. The van der Waals surface area contributed by atoms with Gasteiger partial charge >= 0.3 is 11.9 Å². The summed E-state index contributed by atoms with van der Waals surface area (Å²) in [5.41, 5.74) is 2.31. The molecule has 0 aromatic heterocycles. The Morgan fingerprint density at radius 2 is 0.478 bits per heavy atom. The van der Waals surface area contributed by atoms with Gasteiger partial charge in [0.1, 0.15) is 0 Å². The third-order valence-corrected chi connectivity index (χ3v) is 24.9. The quantitative estimate of drug-likeness (QED) is 0.0121. The van der Waals surface area contributed by atoms with Crippen molar-refractivity contribution in [1.82, 2.24) is 4.90 Å². The number of imide groups is 1. The zero-order valence-electron chi connectivity index (χ0n) is 74.4. The number of rotatable bonds is 76. The van der Waals surface area contributed by atoms with E-state index in [0.717, 1.165) is 115 Å². The second kappa shape index (κ2) is 61.4. The van der Waals surface area contributed by atoms with Gasteiger partial charge in [0.25, 0.3) is 11.8 Å². The Morgan fingerprint density at radius 1 is 0.252 bits per heavy atom. The predicted molar refractivity (Wildman–Crippen MR) is 489 cm³/mol. The van der Waals surface area contributed by atoms with E-state index in [1.807, 2.05) is 48.5 Å². The van der Waals surface area contributed by atoms with E-state index in [2.05, 4.69) is 34.6 Å². The lowest BCUT2D eigenvalue weighted by atomic mass is 9.83. The van der Waals surface area contributed by atoms with Crippen LogP contribution < -0.4 is 14.2 Å². The Labute approximate surface area is 701 Å². The molecule has 0 bridgehead atoms. The molecule has 0 spiro atoms. The molecular formula is C105H165NO9. The van der Waals surface area contributed by atoms with Crippen molar-refractivity contribution >= 4 is 66.8 Å². The van der Waals surface area contributed by atoms with Gasteiger partial charge in [-0.1, -0.05) is 438 Å². The number of nitrogens with zero attached hydrogens (tertiary/aromatic N) is 1. The van der Waals surface area contributed by atoms with Crippen LogP contribution >= 0.6 is 0 Å². The Morgan fingerprint density at radius 3 is 0.748 bits per heavy atom. The number of carbonyl (C=O) groups excluding carboxylic acids is 4. The average molecular weight is 1590 g/mol. The molecule has 1 aliphatic heterocycles. The summed E-state index contributed by atoms with van der Waals surface area (Å²) in [5, 5.41) is 5.98. The number of benzene rings is 6. The average Bonchev–Trinajstić information content (AvgIpc) is 0.695. The molecule has 1 aliphatic rings. The highest BCUT2D eigenvalue weighted by Crippen LogP contribution is 2.47. The highest BCUT2D eigenvalue weighted by molar-refractivity contribution is 6.40. The van der Waals surface area contributed by atoms with Gasteiger partial charge in [-0.25, -0.2) is 9.59 Å². The van der Waals surface area contributed by atoms with Gasteiger partial charge in [0.05, 0.1) is 50.7 Å². The maximum absolute atomic E-state index is 15.4. The molecule has 0 fully saturated rings. The van der Waals surface area contributed by atoms with Crippen molar-refractivity contribution in [3.8, 4) is 17.2 Å². The van der Waals surface area contributed by atoms with Crippen molar-refractivity contribution in [1.29, 1.82) is 0 Å². The molecule has 10 heteroatoms. The predicted octanol–water partition coefficient (Wildman–Crippen LogP) is 33.0.